The Balaban J connectivity index is 2.19. The molecule has 4 N–H and O–H groups in total. The van der Waals surface area contributed by atoms with Crippen molar-refractivity contribution in [1.82, 2.24) is 5.32 Å². The van der Waals surface area contributed by atoms with Gasteiger partial charge >= 0.3 is 0 Å². The number of amides is 1. The van der Waals surface area contributed by atoms with E-state index in [0.717, 1.165) is 6.07 Å². The number of hydrogen-bond acceptors (Lipinski definition) is 4. The molecule has 0 heterocycles. The fourth-order valence-electron chi connectivity index (χ4n) is 2.09. The number of hydrogen-bond donors (Lipinski definition) is 3. The smallest absolute Gasteiger partial charge is 0.261 e. The summed E-state index contributed by atoms with van der Waals surface area (Å²) in [5.41, 5.74) is 6.09. The minimum atomic E-state index is -3.97. The number of benzene rings is 2. The molecular weight excluding hydrogens is 357 g/mol. The van der Waals surface area contributed by atoms with Gasteiger partial charge in [-0.2, -0.15) is 0 Å². The summed E-state index contributed by atoms with van der Waals surface area (Å²) in [5.74, 6) is -0.976. The number of aryl methyl sites for hydroxylation is 1. The summed E-state index contributed by atoms with van der Waals surface area (Å²) < 4.78 is 40.8. The molecule has 0 aliphatic rings. The minimum Gasteiger partial charge on any atom is -0.350 e. The number of halogens is 1. The molecule has 0 atom stereocenters. The highest BCUT2D eigenvalue weighted by Gasteiger charge is 2.17. The molecule has 2 aromatic carbocycles. The second kappa shape index (κ2) is 7.43. The zero-order valence-corrected chi connectivity index (χ0v) is 15.7. The van der Waals surface area contributed by atoms with E-state index in [1.165, 1.54) is 24.3 Å². The van der Waals surface area contributed by atoms with Gasteiger partial charge in [-0.3, -0.25) is 9.52 Å². The molecule has 0 spiro atoms. The highest BCUT2D eigenvalue weighted by atomic mass is 32.2. The third kappa shape index (κ3) is 5.27. The van der Waals surface area contributed by atoms with Crippen LogP contribution in [0, 0.1) is 12.7 Å². The molecule has 140 valence electrons. The zero-order chi connectivity index (χ0) is 19.5. The van der Waals surface area contributed by atoms with E-state index in [1.807, 2.05) is 0 Å². The lowest BCUT2D eigenvalue weighted by molar-refractivity contribution is 0.0946. The molecule has 0 bridgehead atoms. The fourth-order valence-corrected chi connectivity index (χ4v) is 3.15. The van der Waals surface area contributed by atoms with Crippen LogP contribution in [0.15, 0.2) is 47.4 Å². The average molecular weight is 379 g/mol. The van der Waals surface area contributed by atoms with Crippen molar-refractivity contribution in [3.63, 3.8) is 0 Å². The molecule has 0 saturated heterocycles. The minimum absolute atomic E-state index is 0.194. The maximum Gasteiger partial charge on any atom is 0.261 e. The van der Waals surface area contributed by atoms with Crippen LogP contribution in [0.2, 0.25) is 0 Å². The first-order chi connectivity index (χ1) is 12.0. The maximum atomic E-state index is 13.6. The van der Waals surface area contributed by atoms with E-state index in [0.29, 0.717) is 5.56 Å². The monoisotopic (exact) mass is 379 g/mol. The number of nitrogens with two attached hydrogens (primary N) is 1. The first-order valence-corrected chi connectivity index (χ1v) is 9.42. The normalized spacial score (nSPS) is 11.9. The van der Waals surface area contributed by atoms with Gasteiger partial charge < -0.3 is 11.1 Å². The topological polar surface area (TPSA) is 101 Å². The van der Waals surface area contributed by atoms with Crippen molar-refractivity contribution in [3.05, 3.63) is 59.4 Å². The summed E-state index contributed by atoms with van der Waals surface area (Å²) >= 11 is 0. The Morgan fingerprint density at radius 3 is 2.50 bits per heavy atom. The molecular formula is C18H22FN3O3S. The van der Waals surface area contributed by atoms with Crippen LogP contribution in [0.5, 0.6) is 0 Å². The van der Waals surface area contributed by atoms with Gasteiger partial charge in [0.1, 0.15) is 5.82 Å². The molecule has 0 radical (unpaired) electrons. The van der Waals surface area contributed by atoms with Gasteiger partial charge in [0, 0.05) is 23.3 Å². The van der Waals surface area contributed by atoms with Crippen molar-refractivity contribution in [3.8, 4) is 0 Å². The van der Waals surface area contributed by atoms with Crippen LogP contribution in [-0.4, -0.2) is 26.4 Å². The van der Waals surface area contributed by atoms with E-state index in [2.05, 4.69) is 10.0 Å². The second-order valence-corrected chi connectivity index (χ2v) is 8.45. The Bertz CT molecular complexity index is 922. The molecule has 0 unspecified atom stereocenters. The molecule has 1 amide bonds. The molecule has 0 saturated carbocycles. The molecule has 0 aliphatic carbocycles. The van der Waals surface area contributed by atoms with Crippen LogP contribution >= 0.6 is 0 Å². The summed E-state index contributed by atoms with van der Waals surface area (Å²) in [4.78, 5) is 12.0. The van der Waals surface area contributed by atoms with Crippen LogP contribution < -0.4 is 15.8 Å². The Morgan fingerprint density at radius 1 is 1.19 bits per heavy atom. The predicted octanol–water partition coefficient (Wildman–Crippen LogP) is 2.40. The first-order valence-electron chi connectivity index (χ1n) is 7.94. The van der Waals surface area contributed by atoms with Crippen molar-refractivity contribution in [2.45, 2.75) is 31.2 Å². The van der Waals surface area contributed by atoms with E-state index in [9.17, 15) is 17.6 Å². The predicted molar refractivity (Wildman–Crippen MR) is 99.0 cm³/mol. The average Bonchev–Trinajstić information content (AvgIpc) is 2.54. The van der Waals surface area contributed by atoms with E-state index in [-0.39, 0.29) is 28.6 Å². The van der Waals surface area contributed by atoms with Gasteiger partial charge in [-0.05, 0) is 56.7 Å². The Hall–Kier alpha value is -2.45. The summed E-state index contributed by atoms with van der Waals surface area (Å²) in [5, 5.41) is 2.68. The maximum absolute atomic E-state index is 13.6. The molecule has 26 heavy (non-hydrogen) atoms. The Kier molecular flexibility index (Phi) is 5.68. The van der Waals surface area contributed by atoms with Crippen LogP contribution in [0.3, 0.4) is 0 Å². The van der Waals surface area contributed by atoms with Gasteiger partial charge in [-0.25, -0.2) is 12.8 Å². The number of anilines is 1. The second-order valence-electron chi connectivity index (χ2n) is 6.77. The number of rotatable bonds is 6. The summed E-state index contributed by atoms with van der Waals surface area (Å²) in [6, 6.07) is 9.69. The van der Waals surface area contributed by atoms with Gasteiger partial charge in [0.25, 0.3) is 15.9 Å². The summed E-state index contributed by atoms with van der Waals surface area (Å²) in [6.45, 7) is 5.37. The third-order valence-corrected chi connectivity index (χ3v) is 4.91. The summed E-state index contributed by atoms with van der Waals surface area (Å²) in [7, 11) is -3.97. The van der Waals surface area contributed by atoms with Gasteiger partial charge in [0.15, 0.2) is 0 Å². The molecule has 6 nitrogen and oxygen atoms in total. The third-order valence-electron chi connectivity index (χ3n) is 3.54. The van der Waals surface area contributed by atoms with Crippen LogP contribution in [0.1, 0.15) is 29.8 Å². The van der Waals surface area contributed by atoms with Gasteiger partial charge in [0.05, 0.1) is 4.90 Å². The Morgan fingerprint density at radius 2 is 1.88 bits per heavy atom. The quantitative estimate of drug-likeness (QED) is 0.717. The van der Waals surface area contributed by atoms with Crippen LogP contribution in [0.4, 0.5) is 10.1 Å². The standard InChI is InChI=1S/C18H22FN3O3S/c1-12-7-8-15(10-16(12)19)26(24,25)22-14-6-4-5-13(9-14)17(23)21-11-18(2,3)20/h4-10,22H,11,20H2,1-3H3,(H,21,23). The molecule has 2 rings (SSSR count). The van der Waals surface area contributed by atoms with Gasteiger partial charge in [0.2, 0.25) is 0 Å². The lowest BCUT2D eigenvalue weighted by Crippen LogP contribution is -2.45. The number of carbonyl (C=O) groups excluding carboxylic acids is 1. The lowest BCUT2D eigenvalue weighted by atomic mass is 10.1. The number of nitrogens with one attached hydrogen (secondary N) is 2. The van der Waals surface area contributed by atoms with Gasteiger partial charge in [-0.1, -0.05) is 12.1 Å². The molecule has 0 aromatic heterocycles. The van der Waals surface area contributed by atoms with E-state index in [4.69, 9.17) is 5.73 Å². The molecule has 0 aliphatic heterocycles. The highest BCUT2D eigenvalue weighted by molar-refractivity contribution is 7.92. The highest BCUT2D eigenvalue weighted by Crippen LogP contribution is 2.19. The summed E-state index contributed by atoms with van der Waals surface area (Å²) in [6.07, 6.45) is 0. The Labute approximate surface area is 152 Å². The van der Waals surface area contributed by atoms with Crippen molar-refractivity contribution in [2.24, 2.45) is 5.73 Å². The fraction of sp³-hybridized carbons (Fsp3) is 0.278. The van der Waals surface area contributed by atoms with Crippen molar-refractivity contribution < 1.29 is 17.6 Å². The first kappa shape index (κ1) is 19.9. The van der Waals surface area contributed by atoms with Crippen molar-refractivity contribution >= 4 is 21.6 Å². The number of sulfonamides is 1. The van der Waals surface area contributed by atoms with Crippen molar-refractivity contribution in [2.75, 3.05) is 11.3 Å². The van der Waals surface area contributed by atoms with Crippen molar-refractivity contribution in [1.29, 1.82) is 0 Å². The molecule has 8 heteroatoms. The number of carbonyl (C=O) groups is 1. The molecule has 0 fully saturated rings. The van der Waals surface area contributed by atoms with E-state index < -0.39 is 21.4 Å². The van der Waals surface area contributed by atoms with E-state index in [1.54, 1.807) is 32.9 Å². The lowest BCUT2D eigenvalue weighted by Gasteiger charge is -2.19. The van der Waals surface area contributed by atoms with E-state index >= 15 is 0 Å². The van der Waals surface area contributed by atoms with Crippen LogP contribution in [0.25, 0.3) is 0 Å². The SMILES string of the molecule is Cc1ccc(S(=O)(=O)Nc2cccc(C(=O)NCC(C)(C)N)c2)cc1F. The molecule has 2 aromatic rings. The largest absolute Gasteiger partial charge is 0.350 e. The van der Waals surface area contributed by atoms with Gasteiger partial charge in [-0.15, -0.1) is 0 Å². The van der Waals surface area contributed by atoms with Crippen LogP contribution in [-0.2, 0) is 10.0 Å². The zero-order valence-electron chi connectivity index (χ0n) is 14.8.